The van der Waals surface area contributed by atoms with Gasteiger partial charge in [0.2, 0.25) is 0 Å². The van der Waals surface area contributed by atoms with E-state index < -0.39 is 0 Å². The van der Waals surface area contributed by atoms with Crippen molar-refractivity contribution in [1.29, 1.82) is 0 Å². The van der Waals surface area contributed by atoms with Gasteiger partial charge in [-0.05, 0) is 75.2 Å². The molecule has 258 valence electrons. The quantitative estimate of drug-likeness (QED) is 0.182. The normalized spacial score (nSPS) is 12.6. The van der Waals surface area contributed by atoms with Crippen LogP contribution >= 0.6 is 0 Å². The summed E-state index contributed by atoms with van der Waals surface area (Å²) in [4.78, 5) is 5.08. The molecular formula is C52H40N2. The highest BCUT2D eigenvalue weighted by atomic mass is 15.2. The summed E-state index contributed by atoms with van der Waals surface area (Å²) >= 11 is 0. The molecule has 54 heavy (non-hydrogen) atoms. The predicted molar refractivity (Wildman–Crippen MR) is 229 cm³/mol. The standard InChI is InChI=1S/C52H40N2/c1-52(2,3)36-33-49(53-45-29-15-11-25-41(45)37-21-7-8-22-38(37)42-26-12-16-30-46(42)53)51(35-19-5-4-6-20-35)50(34-36)54-47-31-17-13-27-43(47)39-23-9-10-24-40(39)44-28-14-18-32-48(44)54/h4-34H,1-3H3. The van der Waals surface area contributed by atoms with Crippen LogP contribution in [0.1, 0.15) is 26.3 Å². The van der Waals surface area contributed by atoms with Gasteiger partial charge in [-0.15, -0.1) is 0 Å². The number of para-hydroxylation sites is 4. The highest BCUT2D eigenvalue weighted by Crippen LogP contribution is 2.58. The monoisotopic (exact) mass is 692 g/mol. The molecule has 0 aromatic heterocycles. The van der Waals surface area contributed by atoms with E-state index in [1.54, 1.807) is 0 Å². The molecule has 0 spiro atoms. The van der Waals surface area contributed by atoms with Crippen molar-refractivity contribution in [3.8, 4) is 55.6 Å². The molecule has 10 rings (SSSR count). The van der Waals surface area contributed by atoms with E-state index in [4.69, 9.17) is 0 Å². The summed E-state index contributed by atoms with van der Waals surface area (Å²) in [7, 11) is 0. The Kier molecular flexibility index (Phi) is 7.42. The van der Waals surface area contributed by atoms with Crippen molar-refractivity contribution in [2.45, 2.75) is 26.2 Å². The molecule has 0 saturated carbocycles. The summed E-state index contributed by atoms with van der Waals surface area (Å²) in [5, 5.41) is 0. The molecule has 8 aromatic rings. The van der Waals surface area contributed by atoms with E-state index in [9.17, 15) is 0 Å². The summed E-state index contributed by atoms with van der Waals surface area (Å²) in [5.41, 5.74) is 20.2. The van der Waals surface area contributed by atoms with Crippen LogP contribution in [-0.2, 0) is 5.41 Å². The van der Waals surface area contributed by atoms with Gasteiger partial charge in [0.15, 0.2) is 0 Å². The predicted octanol–water partition coefficient (Wildman–Crippen LogP) is 14.9. The lowest BCUT2D eigenvalue weighted by molar-refractivity contribution is 0.590. The third kappa shape index (κ3) is 5.02. The number of fused-ring (bicyclic) bond motifs is 10. The van der Waals surface area contributed by atoms with E-state index in [2.05, 4.69) is 219 Å². The maximum Gasteiger partial charge on any atom is 0.0564 e. The largest absolute Gasteiger partial charge is 0.309 e. The molecule has 0 bridgehead atoms. The molecule has 0 N–H and O–H groups in total. The molecule has 2 nitrogen and oxygen atoms in total. The minimum atomic E-state index is -0.152. The van der Waals surface area contributed by atoms with Crippen molar-refractivity contribution in [3.63, 3.8) is 0 Å². The van der Waals surface area contributed by atoms with Crippen LogP contribution in [0.25, 0.3) is 55.6 Å². The smallest absolute Gasteiger partial charge is 0.0564 e. The van der Waals surface area contributed by atoms with E-state index in [-0.39, 0.29) is 5.41 Å². The van der Waals surface area contributed by atoms with Crippen molar-refractivity contribution in [2.75, 3.05) is 9.80 Å². The third-order valence-electron chi connectivity index (χ3n) is 11.1. The van der Waals surface area contributed by atoms with Gasteiger partial charge in [0, 0.05) is 27.8 Å². The summed E-state index contributed by atoms with van der Waals surface area (Å²) < 4.78 is 0. The number of anilines is 6. The molecule has 2 aliphatic rings. The zero-order valence-corrected chi connectivity index (χ0v) is 30.8. The van der Waals surface area contributed by atoms with Gasteiger partial charge >= 0.3 is 0 Å². The maximum absolute atomic E-state index is 2.54. The molecule has 0 saturated heterocycles. The first-order chi connectivity index (χ1) is 26.5. The third-order valence-corrected chi connectivity index (χ3v) is 11.1. The Morgan fingerprint density at radius 1 is 0.296 bits per heavy atom. The summed E-state index contributed by atoms with van der Waals surface area (Å²) in [6.45, 7) is 7.00. The molecule has 0 unspecified atom stereocenters. The highest BCUT2D eigenvalue weighted by Gasteiger charge is 2.34. The van der Waals surface area contributed by atoms with Gasteiger partial charge in [0.1, 0.15) is 0 Å². The van der Waals surface area contributed by atoms with Crippen LogP contribution in [0, 0.1) is 0 Å². The number of hydrogen-bond donors (Lipinski definition) is 0. The molecule has 0 amide bonds. The molecule has 0 aliphatic carbocycles. The molecular weight excluding hydrogens is 653 g/mol. The van der Waals surface area contributed by atoms with E-state index in [1.165, 1.54) is 55.6 Å². The van der Waals surface area contributed by atoms with Crippen LogP contribution in [-0.4, -0.2) is 0 Å². The zero-order chi connectivity index (χ0) is 36.4. The van der Waals surface area contributed by atoms with Crippen LogP contribution in [0.2, 0.25) is 0 Å². The Bertz CT molecular complexity index is 2420. The number of hydrogen-bond acceptors (Lipinski definition) is 2. The topological polar surface area (TPSA) is 6.48 Å². The van der Waals surface area contributed by atoms with Gasteiger partial charge in [-0.2, -0.15) is 0 Å². The highest BCUT2D eigenvalue weighted by molar-refractivity contribution is 6.09. The van der Waals surface area contributed by atoms with Crippen molar-refractivity contribution in [1.82, 2.24) is 0 Å². The van der Waals surface area contributed by atoms with Crippen LogP contribution in [0.4, 0.5) is 34.1 Å². The average molecular weight is 693 g/mol. The van der Waals surface area contributed by atoms with Crippen LogP contribution in [0.5, 0.6) is 0 Å². The Labute approximate surface area is 318 Å². The molecule has 8 aromatic carbocycles. The SMILES string of the molecule is CC(C)(C)c1cc(N2c3ccccc3-c3ccccc3-c3ccccc32)c(-c2ccccc2)c(N2c3ccccc3-c3ccccc3-c3ccccc32)c1. The minimum absolute atomic E-state index is 0.152. The number of benzene rings is 8. The van der Waals surface area contributed by atoms with E-state index in [0.717, 1.165) is 39.7 Å². The average Bonchev–Trinajstić information content (AvgIpc) is 3.42. The molecule has 2 aliphatic heterocycles. The van der Waals surface area contributed by atoms with Gasteiger partial charge < -0.3 is 9.80 Å². The van der Waals surface area contributed by atoms with Gasteiger partial charge in [0.25, 0.3) is 0 Å². The van der Waals surface area contributed by atoms with Gasteiger partial charge in [-0.25, -0.2) is 0 Å². The van der Waals surface area contributed by atoms with Crippen molar-refractivity contribution < 1.29 is 0 Å². The van der Waals surface area contributed by atoms with E-state index in [1.807, 2.05) is 0 Å². The molecule has 0 fully saturated rings. The lowest BCUT2D eigenvalue weighted by Crippen LogP contribution is -2.20. The first-order valence-corrected chi connectivity index (χ1v) is 18.9. The zero-order valence-electron chi connectivity index (χ0n) is 30.8. The second kappa shape index (κ2) is 12.5. The van der Waals surface area contributed by atoms with Crippen molar-refractivity contribution in [2.24, 2.45) is 0 Å². The molecule has 0 atom stereocenters. The van der Waals surface area contributed by atoms with Crippen LogP contribution in [0.3, 0.4) is 0 Å². The second-order valence-corrected chi connectivity index (χ2v) is 15.3. The van der Waals surface area contributed by atoms with Crippen molar-refractivity contribution >= 4 is 34.1 Å². The number of nitrogens with zero attached hydrogens (tertiary/aromatic N) is 2. The van der Waals surface area contributed by atoms with E-state index >= 15 is 0 Å². The lowest BCUT2D eigenvalue weighted by atomic mass is 9.83. The minimum Gasteiger partial charge on any atom is -0.309 e. The first-order valence-electron chi connectivity index (χ1n) is 18.9. The molecule has 0 radical (unpaired) electrons. The molecule has 2 heterocycles. The fourth-order valence-electron chi connectivity index (χ4n) is 8.57. The Balaban J connectivity index is 1.38. The van der Waals surface area contributed by atoms with Gasteiger partial charge in [-0.3, -0.25) is 0 Å². The lowest BCUT2D eigenvalue weighted by Gasteiger charge is -2.36. The second-order valence-electron chi connectivity index (χ2n) is 15.3. The fraction of sp³-hybridized carbons (Fsp3) is 0.0769. The Morgan fingerprint density at radius 3 is 0.889 bits per heavy atom. The van der Waals surface area contributed by atoms with Crippen molar-refractivity contribution in [3.05, 3.63) is 194 Å². The number of rotatable bonds is 3. The summed E-state index contributed by atoms with van der Waals surface area (Å²) in [6.07, 6.45) is 0. The summed E-state index contributed by atoms with van der Waals surface area (Å²) in [5.74, 6) is 0. The van der Waals surface area contributed by atoms with Gasteiger partial charge in [0.05, 0.1) is 34.1 Å². The molecule has 2 heteroatoms. The summed E-state index contributed by atoms with van der Waals surface area (Å²) in [6, 6.07) is 69.3. The van der Waals surface area contributed by atoms with E-state index in [0.29, 0.717) is 0 Å². The maximum atomic E-state index is 2.54. The van der Waals surface area contributed by atoms with Gasteiger partial charge in [-0.1, -0.05) is 172 Å². The van der Waals surface area contributed by atoms with Crippen LogP contribution in [0.15, 0.2) is 188 Å². The Morgan fingerprint density at radius 2 is 0.574 bits per heavy atom. The van der Waals surface area contributed by atoms with Crippen LogP contribution < -0.4 is 9.80 Å². The Hall–Kier alpha value is -6.64. The first kappa shape index (κ1) is 32.0. The fourth-order valence-corrected chi connectivity index (χ4v) is 8.57.